The lowest BCUT2D eigenvalue weighted by Gasteiger charge is -2.27. The van der Waals surface area contributed by atoms with E-state index >= 15 is 0 Å². The molecule has 7 heteroatoms. The molecule has 2 saturated heterocycles. The van der Waals surface area contributed by atoms with Crippen molar-refractivity contribution in [3.63, 3.8) is 0 Å². The highest BCUT2D eigenvalue weighted by Crippen LogP contribution is 2.37. The third-order valence-corrected chi connectivity index (χ3v) is 7.66. The van der Waals surface area contributed by atoms with Crippen LogP contribution >= 0.6 is 0 Å². The predicted octanol–water partition coefficient (Wildman–Crippen LogP) is 1.97. The Morgan fingerprint density at radius 1 is 1.23 bits per heavy atom. The minimum atomic E-state index is -3.10. The van der Waals surface area contributed by atoms with Crippen LogP contribution < -0.4 is 9.47 Å². The molecule has 0 unspecified atom stereocenters. The molecule has 0 aromatic heterocycles. The number of sulfonamides is 1. The number of nitrogens with zero attached hydrogens (tertiary/aromatic N) is 2. The van der Waals surface area contributed by atoms with Crippen molar-refractivity contribution < 1.29 is 17.9 Å². The molecule has 3 aliphatic heterocycles. The number of hydrogen-bond donors (Lipinski definition) is 0. The van der Waals surface area contributed by atoms with Crippen LogP contribution in [0, 0.1) is 0 Å². The van der Waals surface area contributed by atoms with E-state index in [1.807, 2.05) is 18.2 Å². The standard InChI is InChI=1S/C19H26N2O4S/c1-3-26(22,23)21-10-8-16-17(21)7-9-20(16)12-14-11-15-5-4-6-18(24-2)19(15)25-13-14/h4-6,11,16-17H,3,7-10,12-13H2,1-2H3/t16-,17-/m0/s1. The topological polar surface area (TPSA) is 59.1 Å². The van der Waals surface area contributed by atoms with Gasteiger partial charge in [0.15, 0.2) is 11.5 Å². The normalized spacial score (nSPS) is 26.2. The molecule has 0 aliphatic carbocycles. The van der Waals surface area contributed by atoms with Crippen LogP contribution in [0.15, 0.2) is 23.8 Å². The van der Waals surface area contributed by atoms with E-state index in [1.165, 1.54) is 5.57 Å². The van der Waals surface area contributed by atoms with Gasteiger partial charge in [0, 0.05) is 37.3 Å². The number of ether oxygens (including phenoxy) is 2. The van der Waals surface area contributed by atoms with Crippen LogP contribution in [0.5, 0.6) is 11.5 Å². The molecule has 0 amide bonds. The fourth-order valence-electron chi connectivity index (χ4n) is 4.48. The number of benzene rings is 1. The van der Waals surface area contributed by atoms with E-state index in [0.717, 1.165) is 43.0 Å². The van der Waals surface area contributed by atoms with E-state index in [2.05, 4.69) is 11.0 Å². The first-order valence-corrected chi connectivity index (χ1v) is 10.9. The third kappa shape index (κ3) is 3.02. The number of likely N-dealkylation sites (tertiary alicyclic amines) is 1. The van der Waals surface area contributed by atoms with Crippen LogP contribution in [0.4, 0.5) is 0 Å². The first kappa shape index (κ1) is 17.8. The monoisotopic (exact) mass is 378 g/mol. The van der Waals surface area contributed by atoms with Gasteiger partial charge >= 0.3 is 0 Å². The van der Waals surface area contributed by atoms with Crippen LogP contribution in [0.25, 0.3) is 6.08 Å². The highest BCUT2D eigenvalue weighted by Gasteiger charge is 2.46. The van der Waals surface area contributed by atoms with Gasteiger partial charge in [-0.1, -0.05) is 12.1 Å². The van der Waals surface area contributed by atoms with E-state index in [1.54, 1.807) is 18.3 Å². The SMILES string of the molecule is CCS(=O)(=O)N1CC[C@H]2[C@@H]1CCN2CC1=Cc2cccc(OC)c2OC1. The van der Waals surface area contributed by atoms with Gasteiger partial charge in [-0.05, 0) is 37.5 Å². The van der Waals surface area contributed by atoms with Gasteiger partial charge < -0.3 is 9.47 Å². The average molecular weight is 378 g/mol. The molecule has 6 nitrogen and oxygen atoms in total. The number of rotatable bonds is 5. The molecule has 3 aliphatic rings. The van der Waals surface area contributed by atoms with Gasteiger partial charge in [0.05, 0.1) is 12.9 Å². The number of hydrogen-bond acceptors (Lipinski definition) is 5. The summed E-state index contributed by atoms with van der Waals surface area (Å²) in [5.74, 6) is 1.75. The maximum Gasteiger partial charge on any atom is 0.214 e. The fraction of sp³-hybridized carbons (Fsp3) is 0.579. The van der Waals surface area contributed by atoms with Crippen molar-refractivity contribution in [3.05, 3.63) is 29.3 Å². The average Bonchev–Trinajstić information content (AvgIpc) is 3.24. The Morgan fingerprint density at radius 3 is 2.81 bits per heavy atom. The van der Waals surface area contributed by atoms with Crippen molar-refractivity contribution in [2.75, 3.05) is 39.1 Å². The molecular formula is C19H26N2O4S. The van der Waals surface area contributed by atoms with Crippen LogP contribution in [-0.4, -0.2) is 68.8 Å². The quantitative estimate of drug-likeness (QED) is 0.784. The molecule has 1 aromatic rings. The molecule has 0 radical (unpaired) electrons. The highest BCUT2D eigenvalue weighted by molar-refractivity contribution is 7.89. The van der Waals surface area contributed by atoms with E-state index in [4.69, 9.17) is 9.47 Å². The summed E-state index contributed by atoms with van der Waals surface area (Å²) in [5.41, 5.74) is 2.27. The van der Waals surface area contributed by atoms with Gasteiger partial charge in [0.2, 0.25) is 10.0 Å². The molecule has 0 N–H and O–H groups in total. The molecule has 3 heterocycles. The fourth-order valence-corrected chi connectivity index (χ4v) is 5.86. The van der Waals surface area contributed by atoms with E-state index < -0.39 is 10.0 Å². The molecular weight excluding hydrogens is 352 g/mol. The molecule has 2 atom stereocenters. The molecule has 4 rings (SSSR count). The second kappa shape index (κ2) is 6.87. The summed E-state index contributed by atoms with van der Waals surface area (Å²) in [6.07, 6.45) is 4.02. The maximum atomic E-state index is 12.3. The Hall–Kier alpha value is -1.57. The molecule has 26 heavy (non-hydrogen) atoms. The van der Waals surface area contributed by atoms with Gasteiger partial charge in [0.1, 0.15) is 6.61 Å². The Labute approximate surface area is 155 Å². The Bertz CT molecular complexity index is 821. The Kier molecular flexibility index (Phi) is 4.71. The van der Waals surface area contributed by atoms with Gasteiger partial charge in [0.25, 0.3) is 0 Å². The zero-order valence-electron chi connectivity index (χ0n) is 15.3. The largest absolute Gasteiger partial charge is 0.493 e. The highest BCUT2D eigenvalue weighted by atomic mass is 32.2. The molecule has 0 spiro atoms. The second-order valence-corrected chi connectivity index (χ2v) is 9.37. The van der Waals surface area contributed by atoms with Gasteiger partial charge in [-0.25, -0.2) is 8.42 Å². The lowest BCUT2D eigenvalue weighted by atomic mass is 10.1. The second-order valence-electron chi connectivity index (χ2n) is 7.16. The molecule has 0 bridgehead atoms. The Balaban J connectivity index is 1.49. The first-order valence-electron chi connectivity index (χ1n) is 9.26. The summed E-state index contributed by atoms with van der Waals surface area (Å²) in [6.45, 7) is 4.70. The minimum Gasteiger partial charge on any atom is -0.493 e. The van der Waals surface area contributed by atoms with Crippen molar-refractivity contribution >= 4 is 16.1 Å². The van der Waals surface area contributed by atoms with Crippen molar-refractivity contribution in [2.45, 2.75) is 31.8 Å². The first-order chi connectivity index (χ1) is 12.5. The zero-order chi connectivity index (χ0) is 18.3. The van der Waals surface area contributed by atoms with E-state index in [9.17, 15) is 8.42 Å². The molecule has 0 saturated carbocycles. The van der Waals surface area contributed by atoms with Crippen LogP contribution in [0.1, 0.15) is 25.3 Å². The lowest BCUT2D eigenvalue weighted by molar-refractivity contribution is 0.249. The maximum absolute atomic E-state index is 12.3. The zero-order valence-corrected chi connectivity index (χ0v) is 16.2. The lowest BCUT2D eigenvalue weighted by Crippen LogP contribution is -2.40. The number of para-hydroxylation sites is 1. The molecule has 1 aromatic carbocycles. The molecule has 2 fully saturated rings. The third-order valence-electron chi connectivity index (χ3n) is 5.76. The number of fused-ring (bicyclic) bond motifs is 2. The van der Waals surface area contributed by atoms with Gasteiger partial charge in [-0.15, -0.1) is 0 Å². The van der Waals surface area contributed by atoms with Crippen molar-refractivity contribution in [1.82, 2.24) is 9.21 Å². The summed E-state index contributed by atoms with van der Waals surface area (Å²) in [6, 6.07) is 6.37. The summed E-state index contributed by atoms with van der Waals surface area (Å²) >= 11 is 0. The van der Waals surface area contributed by atoms with Crippen molar-refractivity contribution in [1.29, 1.82) is 0 Å². The smallest absolute Gasteiger partial charge is 0.214 e. The van der Waals surface area contributed by atoms with E-state index in [-0.39, 0.29) is 11.8 Å². The number of methoxy groups -OCH3 is 1. The molecule has 142 valence electrons. The summed E-state index contributed by atoms with van der Waals surface area (Å²) in [5, 5.41) is 0. The van der Waals surface area contributed by atoms with Crippen molar-refractivity contribution in [3.8, 4) is 11.5 Å². The minimum absolute atomic E-state index is 0.137. The Morgan fingerprint density at radius 2 is 2.04 bits per heavy atom. The predicted molar refractivity (Wildman–Crippen MR) is 101 cm³/mol. The van der Waals surface area contributed by atoms with Crippen molar-refractivity contribution in [2.24, 2.45) is 0 Å². The van der Waals surface area contributed by atoms with Crippen LogP contribution in [0.3, 0.4) is 0 Å². The van der Waals surface area contributed by atoms with Crippen LogP contribution in [-0.2, 0) is 10.0 Å². The summed E-state index contributed by atoms with van der Waals surface area (Å²) in [4.78, 5) is 2.43. The summed E-state index contributed by atoms with van der Waals surface area (Å²) < 4.78 is 37.7. The van der Waals surface area contributed by atoms with Crippen LogP contribution in [0.2, 0.25) is 0 Å². The van der Waals surface area contributed by atoms with E-state index in [0.29, 0.717) is 19.2 Å². The van der Waals surface area contributed by atoms with Gasteiger partial charge in [-0.3, -0.25) is 4.90 Å². The van der Waals surface area contributed by atoms with Gasteiger partial charge in [-0.2, -0.15) is 4.31 Å². The summed E-state index contributed by atoms with van der Waals surface area (Å²) in [7, 11) is -1.45.